The molecule has 1 atom stereocenters. The third kappa shape index (κ3) is 3.44. The molecule has 4 heterocycles. The van der Waals surface area contributed by atoms with Crippen LogP contribution in [0.25, 0.3) is 5.65 Å². The highest BCUT2D eigenvalue weighted by Crippen LogP contribution is 2.20. The highest BCUT2D eigenvalue weighted by atomic mass is 16.5. The van der Waals surface area contributed by atoms with E-state index in [1.165, 1.54) is 0 Å². The minimum atomic E-state index is -0.176. The van der Waals surface area contributed by atoms with Gasteiger partial charge < -0.3 is 9.42 Å². The number of nitrogens with one attached hydrogen (secondary N) is 1. The van der Waals surface area contributed by atoms with Crippen LogP contribution in [0.2, 0.25) is 0 Å². The zero-order valence-electron chi connectivity index (χ0n) is 13.9. The molecule has 3 aromatic heterocycles. The van der Waals surface area contributed by atoms with Gasteiger partial charge in [-0.1, -0.05) is 11.2 Å². The van der Waals surface area contributed by atoms with Crippen molar-refractivity contribution in [3.05, 3.63) is 36.1 Å². The van der Waals surface area contributed by atoms with Crippen molar-refractivity contribution in [2.24, 2.45) is 5.92 Å². The number of hydrogen-bond acceptors (Lipinski definition) is 6. The Balaban J connectivity index is 1.39. The Labute approximate surface area is 144 Å². The molecule has 1 aliphatic rings. The van der Waals surface area contributed by atoms with Crippen LogP contribution < -0.4 is 5.32 Å². The number of hydrogen-bond donors (Lipinski definition) is 1. The number of aromatic nitrogens is 5. The molecule has 0 bridgehead atoms. The molecule has 3 aromatic rings. The first-order valence-electron chi connectivity index (χ1n) is 8.34. The quantitative estimate of drug-likeness (QED) is 0.781. The fourth-order valence-electron chi connectivity index (χ4n) is 3.16. The summed E-state index contributed by atoms with van der Waals surface area (Å²) in [7, 11) is 0. The van der Waals surface area contributed by atoms with Gasteiger partial charge in [-0.05, 0) is 30.9 Å². The smallest absolute Gasteiger partial charge is 0.324 e. The molecule has 9 heteroatoms. The lowest BCUT2D eigenvalue weighted by Gasteiger charge is -2.31. The zero-order valence-corrected chi connectivity index (χ0v) is 13.9. The van der Waals surface area contributed by atoms with Gasteiger partial charge in [0.15, 0.2) is 11.5 Å². The Morgan fingerprint density at radius 1 is 1.40 bits per heavy atom. The number of amides is 2. The monoisotopic (exact) mass is 341 g/mol. The maximum atomic E-state index is 12.5. The number of carbonyl (C=O) groups is 1. The number of rotatable bonds is 3. The van der Waals surface area contributed by atoms with Gasteiger partial charge in [-0.3, -0.25) is 5.32 Å². The lowest BCUT2D eigenvalue weighted by Crippen LogP contribution is -2.43. The van der Waals surface area contributed by atoms with Crippen LogP contribution in [0.4, 0.5) is 10.7 Å². The second kappa shape index (κ2) is 6.50. The Morgan fingerprint density at radius 3 is 3.12 bits per heavy atom. The summed E-state index contributed by atoms with van der Waals surface area (Å²) < 4.78 is 6.65. The topological polar surface area (TPSA) is 101 Å². The first-order chi connectivity index (χ1) is 12.2. The number of fused-ring (bicyclic) bond motifs is 1. The molecule has 130 valence electrons. The van der Waals surface area contributed by atoms with Gasteiger partial charge in [0.05, 0.1) is 0 Å². The van der Waals surface area contributed by atoms with E-state index in [9.17, 15) is 4.79 Å². The molecule has 0 spiro atoms. The SMILES string of the molecule is Cc1nc(CC2CCCN(C(=O)Nc3nc4ccccn4n3)C2)no1. The summed E-state index contributed by atoms with van der Waals surface area (Å²) >= 11 is 0. The summed E-state index contributed by atoms with van der Waals surface area (Å²) in [4.78, 5) is 22.9. The van der Waals surface area contributed by atoms with Crippen molar-refractivity contribution in [1.82, 2.24) is 29.6 Å². The molecule has 0 aromatic carbocycles. The fourth-order valence-corrected chi connectivity index (χ4v) is 3.16. The average Bonchev–Trinajstić information content (AvgIpc) is 3.20. The van der Waals surface area contributed by atoms with Crippen LogP contribution in [0.3, 0.4) is 0 Å². The minimum absolute atomic E-state index is 0.176. The first-order valence-corrected chi connectivity index (χ1v) is 8.34. The van der Waals surface area contributed by atoms with E-state index in [0.717, 1.165) is 19.4 Å². The molecule has 0 aliphatic carbocycles. The van der Waals surface area contributed by atoms with Crippen molar-refractivity contribution in [2.45, 2.75) is 26.2 Å². The van der Waals surface area contributed by atoms with Crippen molar-refractivity contribution in [1.29, 1.82) is 0 Å². The van der Waals surface area contributed by atoms with Crippen molar-refractivity contribution in [2.75, 3.05) is 18.4 Å². The van der Waals surface area contributed by atoms with E-state index in [0.29, 0.717) is 42.2 Å². The normalized spacial score (nSPS) is 17.8. The van der Waals surface area contributed by atoms with E-state index < -0.39 is 0 Å². The van der Waals surface area contributed by atoms with Gasteiger partial charge in [0.1, 0.15) is 0 Å². The third-order valence-corrected chi connectivity index (χ3v) is 4.31. The van der Waals surface area contributed by atoms with Crippen molar-refractivity contribution in [3.63, 3.8) is 0 Å². The van der Waals surface area contributed by atoms with Crippen LogP contribution in [-0.2, 0) is 6.42 Å². The number of aryl methyl sites for hydroxylation is 1. The van der Waals surface area contributed by atoms with Gasteiger partial charge in [-0.25, -0.2) is 9.31 Å². The molecule has 1 N–H and O–H groups in total. The maximum Gasteiger partial charge on any atom is 0.324 e. The third-order valence-electron chi connectivity index (χ3n) is 4.31. The van der Waals surface area contributed by atoms with Gasteiger partial charge in [-0.15, -0.1) is 5.10 Å². The maximum absolute atomic E-state index is 12.5. The number of anilines is 1. The predicted octanol–water partition coefficient (Wildman–Crippen LogP) is 1.91. The van der Waals surface area contributed by atoms with E-state index in [1.807, 2.05) is 18.2 Å². The fraction of sp³-hybridized carbons (Fsp3) is 0.438. The van der Waals surface area contributed by atoms with Crippen LogP contribution in [0.15, 0.2) is 28.9 Å². The molecular formula is C16H19N7O2. The van der Waals surface area contributed by atoms with Crippen LogP contribution in [0.5, 0.6) is 0 Å². The van der Waals surface area contributed by atoms with E-state index in [2.05, 4.69) is 25.5 Å². The van der Waals surface area contributed by atoms with E-state index >= 15 is 0 Å². The summed E-state index contributed by atoms with van der Waals surface area (Å²) in [5.74, 6) is 1.91. The van der Waals surface area contributed by atoms with Gasteiger partial charge in [0.2, 0.25) is 5.89 Å². The van der Waals surface area contributed by atoms with Crippen molar-refractivity contribution >= 4 is 17.6 Å². The van der Waals surface area contributed by atoms with E-state index in [1.54, 1.807) is 22.5 Å². The number of likely N-dealkylation sites (tertiary alicyclic amines) is 1. The molecule has 2 amide bonds. The molecule has 0 saturated carbocycles. The standard InChI is InChI=1S/C16H19N7O2/c1-11-17-13(21-25-11)9-12-5-4-7-22(10-12)16(24)19-15-18-14-6-2-3-8-23(14)20-15/h2-3,6,8,12H,4-5,7,9-10H2,1H3,(H,19,20,24). The van der Waals surface area contributed by atoms with Crippen molar-refractivity contribution < 1.29 is 9.32 Å². The predicted molar refractivity (Wildman–Crippen MR) is 89.0 cm³/mol. The number of pyridine rings is 1. The van der Waals surface area contributed by atoms with Gasteiger partial charge in [0.25, 0.3) is 5.95 Å². The summed E-state index contributed by atoms with van der Waals surface area (Å²) in [6, 6.07) is 5.41. The summed E-state index contributed by atoms with van der Waals surface area (Å²) in [6.07, 6.45) is 4.51. The Bertz CT molecular complexity index is 854. The molecule has 25 heavy (non-hydrogen) atoms. The second-order valence-corrected chi connectivity index (χ2v) is 6.26. The molecule has 1 unspecified atom stereocenters. The first kappa shape index (κ1) is 15.6. The average molecular weight is 341 g/mol. The molecule has 0 radical (unpaired) electrons. The molecule has 1 aliphatic heterocycles. The Kier molecular flexibility index (Phi) is 4.04. The Hall–Kier alpha value is -2.97. The van der Waals surface area contributed by atoms with Crippen molar-refractivity contribution in [3.8, 4) is 0 Å². The molecule has 1 fully saturated rings. The van der Waals surface area contributed by atoms with Gasteiger partial charge in [0, 0.05) is 32.6 Å². The lowest BCUT2D eigenvalue weighted by molar-refractivity contribution is 0.176. The minimum Gasteiger partial charge on any atom is -0.340 e. The lowest BCUT2D eigenvalue weighted by atomic mass is 9.95. The van der Waals surface area contributed by atoms with Gasteiger partial charge in [-0.2, -0.15) is 9.97 Å². The Morgan fingerprint density at radius 2 is 2.32 bits per heavy atom. The van der Waals surface area contributed by atoms with E-state index in [-0.39, 0.29) is 6.03 Å². The summed E-state index contributed by atoms with van der Waals surface area (Å²) in [5, 5.41) is 11.0. The molecular weight excluding hydrogens is 322 g/mol. The van der Waals surface area contributed by atoms with Crippen LogP contribution in [0.1, 0.15) is 24.6 Å². The van der Waals surface area contributed by atoms with Crippen LogP contribution in [0, 0.1) is 12.8 Å². The van der Waals surface area contributed by atoms with E-state index in [4.69, 9.17) is 4.52 Å². The summed E-state index contributed by atoms with van der Waals surface area (Å²) in [5.41, 5.74) is 0.696. The number of nitrogens with zero attached hydrogens (tertiary/aromatic N) is 6. The van der Waals surface area contributed by atoms with Crippen LogP contribution in [-0.4, -0.2) is 48.8 Å². The largest absolute Gasteiger partial charge is 0.340 e. The molecule has 9 nitrogen and oxygen atoms in total. The zero-order chi connectivity index (χ0) is 17.2. The number of carbonyl (C=O) groups excluding carboxylic acids is 1. The molecule has 4 rings (SSSR count). The number of urea groups is 1. The van der Waals surface area contributed by atoms with Crippen LogP contribution >= 0.6 is 0 Å². The van der Waals surface area contributed by atoms with Gasteiger partial charge >= 0.3 is 6.03 Å². The highest BCUT2D eigenvalue weighted by Gasteiger charge is 2.25. The highest BCUT2D eigenvalue weighted by molar-refractivity contribution is 5.87. The molecule has 1 saturated heterocycles. The summed E-state index contributed by atoms with van der Waals surface area (Å²) in [6.45, 7) is 3.16. The second-order valence-electron chi connectivity index (χ2n) is 6.26. The number of piperidine rings is 1.